The van der Waals surface area contributed by atoms with Gasteiger partial charge >= 0.3 is 18.5 Å². The monoisotopic (exact) mass is 649 g/mol. The first-order valence-corrected chi connectivity index (χ1v) is 14.5. The third-order valence-electron chi connectivity index (χ3n) is 8.21. The van der Waals surface area contributed by atoms with Crippen LogP contribution in [0.15, 0.2) is 24.3 Å². The summed E-state index contributed by atoms with van der Waals surface area (Å²) in [6, 6.07) is 1.93. The number of benzene rings is 2. The van der Waals surface area contributed by atoms with Crippen LogP contribution in [-0.4, -0.2) is 39.8 Å². The first-order valence-electron chi connectivity index (χ1n) is 14.5. The van der Waals surface area contributed by atoms with E-state index in [1.165, 1.54) is 24.8 Å². The average Bonchev–Trinajstić information content (AvgIpc) is 3.65. The van der Waals surface area contributed by atoms with Crippen molar-refractivity contribution in [2.75, 3.05) is 29.4 Å². The van der Waals surface area contributed by atoms with Gasteiger partial charge in [-0.1, -0.05) is 11.2 Å². The number of rotatable bonds is 8. The summed E-state index contributed by atoms with van der Waals surface area (Å²) in [5.41, 5.74) is 2.34. The van der Waals surface area contributed by atoms with Crippen molar-refractivity contribution in [2.24, 2.45) is 11.7 Å². The number of aromatic nitrogens is 4. The highest BCUT2D eigenvalue weighted by molar-refractivity contribution is 5.67. The van der Waals surface area contributed by atoms with Gasteiger partial charge in [-0.2, -0.15) is 44.3 Å². The Morgan fingerprint density at radius 2 is 1.53 bits per heavy atom. The molecule has 45 heavy (non-hydrogen) atoms. The standard InChI is InChI=1S/C29H32F9N7/c1-16-10-22-23(4-3-8-43(14-18-5-6-18)25(22)17(2)24(16)29(36,37)38)44(26-40-42-45(41-26)9-7-39)15-19-11-20(27(30,31)32)13-21(12-19)28(33,34)35/h10-13,18,23H,3-9,14-15,39H2,1-2H3. The molecule has 1 aliphatic carbocycles. The van der Waals surface area contributed by atoms with Crippen LogP contribution < -0.4 is 15.5 Å². The van der Waals surface area contributed by atoms with E-state index in [-0.39, 0.29) is 41.8 Å². The Bertz CT molecular complexity index is 1490. The van der Waals surface area contributed by atoms with Crippen LogP contribution in [0, 0.1) is 19.8 Å². The summed E-state index contributed by atoms with van der Waals surface area (Å²) in [5, 5.41) is 12.3. The lowest BCUT2D eigenvalue weighted by molar-refractivity contribution is -0.143. The second-order valence-corrected chi connectivity index (χ2v) is 11.7. The largest absolute Gasteiger partial charge is 0.416 e. The van der Waals surface area contributed by atoms with Crippen molar-refractivity contribution in [2.45, 2.75) is 77.2 Å². The summed E-state index contributed by atoms with van der Waals surface area (Å²) < 4.78 is 125. The molecule has 1 aromatic heterocycles. The minimum absolute atomic E-state index is 0.0168. The van der Waals surface area contributed by atoms with Crippen molar-refractivity contribution in [1.82, 2.24) is 20.2 Å². The van der Waals surface area contributed by atoms with Crippen molar-refractivity contribution in [3.8, 4) is 0 Å². The molecule has 0 amide bonds. The number of alkyl halides is 9. The number of nitrogens with two attached hydrogens (primary N) is 1. The SMILES string of the molecule is Cc1cc2c(c(C)c1C(F)(F)F)N(CC1CC1)CCCC2N(Cc1cc(C(F)(F)F)cc(C(F)(F)F)c1)c1nnn(CCN)n1. The molecule has 0 spiro atoms. The number of anilines is 2. The average molecular weight is 650 g/mol. The van der Waals surface area contributed by atoms with E-state index in [0.29, 0.717) is 55.2 Å². The van der Waals surface area contributed by atoms with Gasteiger partial charge in [-0.3, -0.25) is 0 Å². The zero-order valence-electron chi connectivity index (χ0n) is 24.5. The van der Waals surface area contributed by atoms with Crippen LogP contribution in [0.5, 0.6) is 0 Å². The predicted octanol–water partition coefficient (Wildman–Crippen LogP) is 7.06. The fourth-order valence-corrected chi connectivity index (χ4v) is 6.16. The molecule has 1 aliphatic heterocycles. The molecule has 246 valence electrons. The number of nitrogens with zero attached hydrogens (tertiary/aromatic N) is 6. The van der Waals surface area contributed by atoms with Crippen LogP contribution in [0.1, 0.15) is 70.7 Å². The smallest absolute Gasteiger partial charge is 0.371 e. The summed E-state index contributed by atoms with van der Waals surface area (Å²) in [6.07, 6.45) is -12.1. The molecule has 2 aliphatic rings. The lowest BCUT2D eigenvalue weighted by Gasteiger charge is -2.34. The Hall–Kier alpha value is -3.56. The molecular formula is C29H32F9N7. The Kier molecular flexibility index (Phi) is 8.74. The number of hydrogen-bond acceptors (Lipinski definition) is 6. The number of tetrazole rings is 1. The van der Waals surface area contributed by atoms with Gasteiger partial charge in [0.25, 0.3) is 5.95 Å². The van der Waals surface area contributed by atoms with Gasteiger partial charge in [0.15, 0.2) is 0 Å². The topological polar surface area (TPSA) is 76.1 Å². The molecule has 16 heteroatoms. The van der Waals surface area contributed by atoms with Gasteiger partial charge in [0.2, 0.25) is 0 Å². The van der Waals surface area contributed by atoms with Crippen molar-refractivity contribution in [3.05, 3.63) is 63.2 Å². The number of aryl methyl sites for hydroxylation is 1. The highest BCUT2D eigenvalue weighted by atomic mass is 19.4. The van der Waals surface area contributed by atoms with Crippen LogP contribution in [0.4, 0.5) is 51.1 Å². The molecule has 1 saturated carbocycles. The maximum Gasteiger partial charge on any atom is 0.416 e. The molecule has 2 aromatic carbocycles. The van der Waals surface area contributed by atoms with E-state index in [1.54, 1.807) is 0 Å². The van der Waals surface area contributed by atoms with Crippen LogP contribution in [0.25, 0.3) is 0 Å². The van der Waals surface area contributed by atoms with E-state index < -0.39 is 47.8 Å². The maximum absolute atomic E-state index is 14.3. The Labute approximate surface area is 253 Å². The van der Waals surface area contributed by atoms with E-state index in [1.807, 2.05) is 4.90 Å². The number of halogens is 9. The molecule has 1 unspecified atom stereocenters. The molecule has 3 aromatic rings. The molecule has 5 rings (SSSR count). The van der Waals surface area contributed by atoms with E-state index in [2.05, 4.69) is 15.4 Å². The molecule has 0 bridgehead atoms. The van der Waals surface area contributed by atoms with Gasteiger partial charge in [-0.05, 0) is 91.1 Å². The fraction of sp³-hybridized carbons (Fsp3) is 0.552. The van der Waals surface area contributed by atoms with Crippen LogP contribution >= 0.6 is 0 Å². The van der Waals surface area contributed by atoms with Crippen LogP contribution in [-0.2, 0) is 31.6 Å². The van der Waals surface area contributed by atoms with Gasteiger partial charge in [-0.25, -0.2) is 0 Å². The summed E-state index contributed by atoms with van der Waals surface area (Å²) in [6.45, 7) is 3.45. The summed E-state index contributed by atoms with van der Waals surface area (Å²) in [5.74, 6) is 0.223. The molecular weight excluding hydrogens is 617 g/mol. The summed E-state index contributed by atoms with van der Waals surface area (Å²) in [4.78, 5) is 4.51. The van der Waals surface area contributed by atoms with Gasteiger partial charge < -0.3 is 15.5 Å². The Balaban J connectivity index is 1.69. The second kappa shape index (κ2) is 12.0. The first-order chi connectivity index (χ1) is 21.0. The van der Waals surface area contributed by atoms with Crippen molar-refractivity contribution >= 4 is 11.6 Å². The highest BCUT2D eigenvalue weighted by Gasteiger charge is 2.41. The molecule has 0 saturated heterocycles. The molecule has 2 heterocycles. The Morgan fingerprint density at radius 1 is 0.889 bits per heavy atom. The van der Waals surface area contributed by atoms with Crippen molar-refractivity contribution in [1.29, 1.82) is 0 Å². The molecule has 1 atom stereocenters. The number of hydrogen-bond donors (Lipinski definition) is 1. The maximum atomic E-state index is 14.3. The van der Waals surface area contributed by atoms with Crippen LogP contribution in [0.2, 0.25) is 0 Å². The predicted molar refractivity (Wildman–Crippen MR) is 147 cm³/mol. The van der Waals surface area contributed by atoms with Gasteiger partial charge in [-0.15, -0.1) is 5.10 Å². The van der Waals surface area contributed by atoms with E-state index >= 15 is 0 Å². The third-order valence-corrected chi connectivity index (χ3v) is 8.21. The summed E-state index contributed by atoms with van der Waals surface area (Å²) >= 11 is 0. The second-order valence-electron chi connectivity index (χ2n) is 11.7. The lowest BCUT2D eigenvalue weighted by atomic mass is 9.90. The zero-order valence-corrected chi connectivity index (χ0v) is 24.5. The van der Waals surface area contributed by atoms with E-state index in [9.17, 15) is 39.5 Å². The zero-order chi connectivity index (χ0) is 32.9. The van der Waals surface area contributed by atoms with Crippen molar-refractivity contribution < 1.29 is 39.5 Å². The van der Waals surface area contributed by atoms with Gasteiger partial charge in [0, 0.05) is 31.9 Å². The van der Waals surface area contributed by atoms with Gasteiger partial charge in [0.05, 0.1) is 29.3 Å². The normalized spacial score (nSPS) is 17.8. The first kappa shape index (κ1) is 32.8. The highest BCUT2D eigenvalue weighted by Crippen LogP contribution is 2.47. The number of fused-ring (bicyclic) bond motifs is 1. The minimum Gasteiger partial charge on any atom is -0.371 e. The molecule has 1 fully saturated rings. The lowest BCUT2D eigenvalue weighted by Crippen LogP contribution is -2.31. The van der Waals surface area contributed by atoms with E-state index in [4.69, 9.17) is 5.73 Å². The minimum atomic E-state index is -5.07. The van der Waals surface area contributed by atoms with Gasteiger partial charge in [0.1, 0.15) is 0 Å². The van der Waals surface area contributed by atoms with E-state index in [0.717, 1.165) is 17.6 Å². The fourth-order valence-electron chi connectivity index (χ4n) is 6.16. The molecule has 0 radical (unpaired) electrons. The molecule has 2 N–H and O–H groups in total. The summed E-state index contributed by atoms with van der Waals surface area (Å²) in [7, 11) is 0. The molecule has 7 nitrogen and oxygen atoms in total. The Morgan fingerprint density at radius 3 is 2.09 bits per heavy atom. The van der Waals surface area contributed by atoms with Crippen LogP contribution in [0.3, 0.4) is 0 Å². The van der Waals surface area contributed by atoms with Crippen molar-refractivity contribution in [3.63, 3.8) is 0 Å². The third kappa shape index (κ3) is 7.15. The quantitative estimate of drug-likeness (QED) is 0.264.